The van der Waals surface area contributed by atoms with Gasteiger partial charge < -0.3 is 20.2 Å². The third-order valence-corrected chi connectivity index (χ3v) is 8.72. The highest BCUT2D eigenvalue weighted by Gasteiger charge is 2.36. The van der Waals surface area contributed by atoms with Crippen molar-refractivity contribution in [3.63, 3.8) is 0 Å². The number of aromatic amines is 1. The highest BCUT2D eigenvalue weighted by Crippen LogP contribution is 2.33. The lowest BCUT2D eigenvalue weighted by atomic mass is 10.0. The first kappa shape index (κ1) is 26.5. The quantitative estimate of drug-likeness (QED) is 0.314. The molecule has 38 heavy (non-hydrogen) atoms. The summed E-state index contributed by atoms with van der Waals surface area (Å²) in [4.78, 5) is 18.7. The van der Waals surface area contributed by atoms with Gasteiger partial charge in [0, 0.05) is 35.2 Å². The van der Waals surface area contributed by atoms with Crippen molar-refractivity contribution in [2.45, 2.75) is 17.9 Å². The van der Waals surface area contributed by atoms with Gasteiger partial charge in [0.15, 0.2) is 0 Å². The number of morpholine rings is 1. The van der Waals surface area contributed by atoms with Crippen LogP contribution in [0.25, 0.3) is 22.0 Å². The number of hydrogen-bond acceptors (Lipinski definition) is 6. The van der Waals surface area contributed by atoms with E-state index in [2.05, 4.69) is 9.97 Å². The number of benzene rings is 2. The predicted molar refractivity (Wildman–Crippen MR) is 145 cm³/mol. The minimum absolute atomic E-state index is 0.0420. The Bertz CT molecular complexity index is 1640. The van der Waals surface area contributed by atoms with Crippen molar-refractivity contribution in [3.05, 3.63) is 76.2 Å². The lowest BCUT2D eigenvalue weighted by molar-refractivity contribution is -0.0249. The zero-order valence-corrected chi connectivity index (χ0v) is 22.6. The molecular weight excluding hydrogens is 551 g/mol. The maximum absolute atomic E-state index is 13.7. The smallest absolute Gasteiger partial charge is 0.266 e. The maximum Gasteiger partial charge on any atom is 0.266 e. The molecule has 1 aliphatic heterocycles. The van der Waals surface area contributed by atoms with Crippen molar-refractivity contribution in [2.24, 2.45) is 5.73 Å². The molecule has 1 amide bonds. The lowest BCUT2D eigenvalue weighted by Crippen LogP contribution is -2.47. The second kappa shape index (κ2) is 10.5. The summed E-state index contributed by atoms with van der Waals surface area (Å²) >= 11 is 12.1. The van der Waals surface area contributed by atoms with Gasteiger partial charge in [0.2, 0.25) is 10.0 Å². The van der Waals surface area contributed by atoms with Gasteiger partial charge in [0.25, 0.3) is 5.91 Å². The number of nitrogens with zero attached hydrogens (tertiary/aromatic N) is 2. The number of hydrogen-bond donors (Lipinski definition) is 2. The summed E-state index contributed by atoms with van der Waals surface area (Å²) in [6.45, 7) is 2.43. The Labute approximate surface area is 229 Å². The van der Waals surface area contributed by atoms with E-state index in [0.717, 1.165) is 16.7 Å². The molecule has 0 spiro atoms. The molecule has 3 heterocycles. The number of carbonyl (C=O) groups is 1. The van der Waals surface area contributed by atoms with E-state index in [1.807, 2.05) is 31.2 Å². The van der Waals surface area contributed by atoms with Gasteiger partial charge in [-0.3, -0.25) is 4.79 Å². The molecule has 1 saturated heterocycles. The molecule has 5 rings (SSSR count). The summed E-state index contributed by atoms with van der Waals surface area (Å²) in [5.74, 6) is -0.255. The van der Waals surface area contributed by atoms with E-state index in [9.17, 15) is 13.2 Å². The molecule has 2 aromatic heterocycles. The molecule has 0 aliphatic carbocycles. The predicted octanol–water partition coefficient (Wildman–Crippen LogP) is 4.41. The number of carbonyl (C=O) groups excluding carboxylic acids is 1. The van der Waals surface area contributed by atoms with Crippen LogP contribution < -0.4 is 10.5 Å². The molecule has 1 unspecified atom stereocenters. The van der Waals surface area contributed by atoms with Crippen molar-refractivity contribution in [1.82, 2.24) is 14.3 Å². The number of aromatic nitrogens is 2. The zero-order chi connectivity index (χ0) is 27.0. The molecule has 1 aliphatic rings. The number of pyridine rings is 1. The van der Waals surface area contributed by atoms with Gasteiger partial charge in [-0.05, 0) is 66.1 Å². The van der Waals surface area contributed by atoms with Crippen molar-refractivity contribution >= 4 is 50.0 Å². The number of nitrogens with two attached hydrogens (primary N) is 1. The van der Waals surface area contributed by atoms with Gasteiger partial charge in [0.05, 0.1) is 6.61 Å². The average molecular weight is 575 g/mol. The van der Waals surface area contributed by atoms with E-state index in [0.29, 0.717) is 26.8 Å². The molecule has 3 N–H and O–H groups in total. The van der Waals surface area contributed by atoms with Gasteiger partial charge >= 0.3 is 0 Å². The fourth-order valence-electron chi connectivity index (χ4n) is 4.53. The van der Waals surface area contributed by atoms with E-state index < -0.39 is 22.0 Å². The Hall–Kier alpha value is -3.15. The number of primary amides is 1. The van der Waals surface area contributed by atoms with Crippen molar-refractivity contribution in [2.75, 3.05) is 26.3 Å². The summed E-state index contributed by atoms with van der Waals surface area (Å²) in [6.07, 6.45) is 1.13. The summed E-state index contributed by atoms with van der Waals surface area (Å²) in [6, 6.07) is 14.0. The highest BCUT2D eigenvalue weighted by molar-refractivity contribution is 7.89. The first-order chi connectivity index (χ1) is 18.1. The van der Waals surface area contributed by atoms with Crippen LogP contribution in [0.4, 0.5) is 0 Å². The zero-order valence-electron chi connectivity index (χ0n) is 20.3. The van der Waals surface area contributed by atoms with Gasteiger partial charge in [-0.2, -0.15) is 4.31 Å². The van der Waals surface area contributed by atoms with E-state index in [-0.39, 0.29) is 36.9 Å². The number of aryl methyl sites for hydroxylation is 1. The number of sulfonamides is 1. The molecule has 4 aromatic rings. The van der Waals surface area contributed by atoms with Crippen LogP contribution in [0.15, 0.2) is 59.6 Å². The molecule has 2 aromatic carbocycles. The Balaban J connectivity index is 1.33. The minimum atomic E-state index is -4.11. The van der Waals surface area contributed by atoms with E-state index >= 15 is 0 Å². The van der Waals surface area contributed by atoms with Crippen LogP contribution in [0.2, 0.25) is 10.2 Å². The van der Waals surface area contributed by atoms with E-state index in [4.69, 9.17) is 38.4 Å². The number of nitrogens with one attached hydrogen (secondary N) is 1. The number of fused-ring (bicyclic) bond motifs is 1. The highest BCUT2D eigenvalue weighted by atomic mass is 35.5. The van der Waals surface area contributed by atoms with Crippen molar-refractivity contribution in [1.29, 1.82) is 0 Å². The van der Waals surface area contributed by atoms with Crippen LogP contribution in [0.1, 0.15) is 16.1 Å². The average Bonchev–Trinajstić information content (AvgIpc) is 3.27. The normalized spacial score (nSPS) is 16.6. The SMILES string of the molecule is Cc1cc(OCC2CN(S(=O)(=O)c3c(C(N)=O)[nH]c4ccc(Cl)cc34)CCO2)ccc1-c1ccnc(Cl)c1. The molecule has 12 heteroatoms. The molecule has 0 saturated carbocycles. The van der Waals surface area contributed by atoms with Crippen LogP contribution in [0, 0.1) is 6.92 Å². The number of ether oxygens (including phenoxy) is 2. The molecule has 198 valence electrons. The summed E-state index contributed by atoms with van der Waals surface area (Å²) in [5.41, 5.74) is 8.69. The number of halogens is 2. The maximum atomic E-state index is 13.7. The second-order valence-electron chi connectivity index (χ2n) is 8.89. The third kappa shape index (κ3) is 5.23. The Morgan fingerprint density at radius 3 is 2.76 bits per heavy atom. The summed E-state index contributed by atoms with van der Waals surface area (Å²) in [5, 5.41) is 1.05. The topological polar surface area (TPSA) is 128 Å². The van der Waals surface area contributed by atoms with E-state index in [1.165, 1.54) is 10.4 Å². The van der Waals surface area contributed by atoms with Crippen LogP contribution in [-0.2, 0) is 14.8 Å². The molecule has 1 atom stereocenters. The Kier molecular flexibility index (Phi) is 7.34. The third-order valence-electron chi connectivity index (χ3n) is 6.33. The number of rotatable bonds is 7. The fraction of sp³-hybridized carbons (Fsp3) is 0.231. The Morgan fingerprint density at radius 2 is 2.03 bits per heavy atom. The molecular formula is C26H24Cl2N4O5S. The van der Waals surface area contributed by atoms with Crippen LogP contribution in [-0.4, -0.2) is 61.0 Å². The lowest BCUT2D eigenvalue weighted by Gasteiger charge is -2.32. The number of amides is 1. The van der Waals surface area contributed by atoms with Gasteiger partial charge in [-0.1, -0.05) is 29.3 Å². The first-order valence-corrected chi connectivity index (χ1v) is 13.9. The summed E-state index contributed by atoms with van der Waals surface area (Å²) < 4.78 is 40.4. The van der Waals surface area contributed by atoms with E-state index in [1.54, 1.807) is 24.4 Å². The van der Waals surface area contributed by atoms with Crippen LogP contribution in [0.3, 0.4) is 0 Å². The summed E-state index contributed by atoms with van der Waals surface area (Å²) in [7, 11) is -4.11. The fourth-order valence-corrected chi connectivity index (χ4v) is 6.67. The molecule has 0 bridgehead atoms. The first-order valence-electron chi connectivity index (χ1n) is 11.7. The van der Waals surface area contributed by atoms with Crippen LogP contribution >= 0.6 is 23.2 Å². The number of H-pyrrole nitrogens is 1. The molecule has 9 nitrogen and oxygen atoms in total. The minimum Gasteiger partial charge on any atom is -0.491 e. The second-order valence-corrected chi connectivity index (χ2v) is 11.6. The van der Waals surface area contributed by atoms with Crippen LogP contribution in [0.5, 0.6) is 5.75 Å². The van der Waals surface area contributed by atoms with Crippen molar-refractivity contribution < 1.29 is 22.7 Å². The molecule has 0 radical (unpaired) electrons. The largest absolute Gasteiger partial charge is 0.491 e. The van der Waals surface area contributed by atoms with Gasteiger partial charge in [0.1, 0.15) is 34.2 Å². The monoisotopic (exact) mass is 574 g/mol. The molecule has 1 fully saturated rings. The Morgan fingerprint density at radius 1 is 1.21 bits per heavy atom. The van der Waals surface area contributed by atoms with Gasteiger partial charge in [-0.15, -0.1) is 0 Å². The van der Waals surface area contributed by atoms with Crippen molar-refractivity contribution in [3.8, 4) is 16.9 Å². The van der Waals surface area contributed by atoms with Gasteiger partial charge in [-0.25, -0.2) is 13.4 Å². The standard InChI is InChI=1S/C26H24Cl2N4O5S/c1-15-10-18(3-4-20(15)16-6-7-30-23(28)11-16)37-14-19-13-32(8-9-36-19)38(34,35)25-21-12-17(27)2-5-22(21)31-24(25)26(29)33/h2-7,10-12,19,31H,8-9,13-14H2,1H3,(H2,29,33).